The van der Waals surface area contributed by atoms with Crippen LogP contribution in [0.15, 0.2) is 30.3 Å². The van der Waals surface area contributed by atoms with Crippen LogP contribution in [0.25, 0.3) is 0 Å². The second kappa shape index (κ2) is 7.56. The Kier molecular flexibility index (Phi) is 5.39. The van der Waals surface area contributed by atoms with Crippen LogP contribution in [0.4, 0.5) is 10.5 Å². The van der Waals surface area contributed by atoms with Crippen LogP contribution in [0.1, 0.15) is 33.6 Å². The first-order chi connectivity index (χ1) is 12.3. The molecule has 2 saturated heterocycles. The molecular formula is C20H29N3O3. The van der Waals surface area contributed by atoms with Gasteiger partial charge in [0.15, 0.2) is 0 Å². The van der Waals surface area contributed by atoms with Crippen LogP contribution in [0.3, 0.4) is 0 Å². The van der Waals surface area contributed by atoms with E-state index < -0.39 is 5.60 Å². The number of para-hydroxylation sites is 1. The van der Waals surface area contributed by atoms with Gasteiger partial charge in [-0.15, -0.1) is 0 Å². The number of rotatable bonds is 3. The van der Waals surface area contributed by atoms with E-state index in [0.29, 0.717) is 19.5 Å². The summed E-state index contributed by atoms with van der Waals surface area (Å²) in [7, 11) is 0. The summed E-state index contributed by atoms with van der Waals surface area (Å²) in [5.41, 5.74) is 0.684. The largest absolute Gasteiger partial charge is 0.444 e. The van der Waals surface area contributed by atoms with Crippen molar-refractivity contribution in [1.82, 2.24) is 10.2 Å². The smallest absolute Gasteiger partial charge is 0.410 e. The molecule has 2 heterocycles. The Balaban J connectivity index is 1.47. The van der Waals surface area contributed by atoms with Crippen molar-refractivity contribution in [3.63, 3.8) is 0 Å². The normalized spacial score (nSPS) is 23.2. The molecule has 1 N–H and O–H groups in total. The molecule has 1 aromatic carbocycles. The fourth-order valence-corrected chi connectivity index (χ4v) is 3.54. The summed E-state index contributed by atoms with van der Waals surface area (Å²) >= 11 is 0. The Morgan fingerprint density at radius 1 is 1.08 bits per heavy atom. The van der Waals surface area contributed by atoms with E-state index in [1.54, 1.807) is 4.90 Å². The minimum atomic E-state index is -0.512. The molecule has 2 atom stereocenters. The van der Waals surface area contributed by atoms with Gasteiger partial charge in [-0.3, -0.25) is 4.79 Å². The van der Waals surface area contributed by atoms with E-state index in [9.17, 15) is 9.59 Å². The van der Waals surface area contributed by atoms with Crippen LogP contribution in [0, 0.1) is 5.92 Å². The van der Waals surface area contributed by atoms with Crippen molar-refractivity contribution >= 4 is 17.7 Å². The van der Waals surface area contributed by atoms with E-state index in [2.05, 4.69) is 22.3 Å². The Morgan fingerprint density at radius 3 is 2.50 bits per heavy atom. The fraction of sp³-hybridized carbons (Fsp3) is 0.600. The Bertz CT molecular complexity index is 641. The van der Waals surface area contributed by atoms with E-state index in [-0.39, 0.29) is 24.0 Å². The maximum absolute atomic E-state index is 12.6. The third-order valence-electron chi connectivity index (χ3n) is 4.87. The zero-order valence-electron chi connectivity index (χ0n) is 15.9. The van der Waals surface area contributed by atoms with Gasteiger partial charge in [-0.05, 0) is 45.7 Å². The molecule has 0 bridgehead atoms. The standard InChI is InChI=1S/C20H29N3O3/c1-20(2,3)26-19(25)23-11-9-15(13-23)18(24)21-16-10-12-22(14-16)17-7-5-4-6-8-17/h4-8,15-16H,9-14H2,1-3H3,(H,21,24). The van der Waals surface area contributed by atoms with Gasteiger partial charge >= 0.3 is 6.09 Å². The first-order valence-electron chi connectivity index (χ1n) is 9.40. The SMILES string of the molecule is CC(C)(C)OC(=O)N1CCC(C(=O)NC2CCN(c3ccccc3)C2)C1. The van der Waals surface area contributed by atoms with Crippen molar-refractivity contribution < 1.29 is 14.3 Å². The number of amides is 2. The zero-order chi connectivity index (χ0) is 18.7. The lowest BCUT2D eigenvalue weighted by Gasteiger charge is -2.24. The van der Waals surface area contributed by atoms with Crippen LogP contribution in [0.5, 0.6) is 0 Å². The molecule has 1 aromatic rings. The predicted octanol–water partition coefficient (Wildman–Crippen LogP) is 2.64. The molecule has 6 nitrogen and oxygen atoms in total. The number of hydrogen-bond acceptors (Lipinski definition) is 4. The molecule has 2 amide bonds. The van der Waals surface area contributed by atoms with E-state index in [0.717, 1.165) is 19.5 Å². The van der Waals surface area contributed by atoms with Crippen LogP contribution in [0.2, 0.25) is 0 Å². The highest BCUT2D eigenvalue weighted by molar-refractivity contribution is 5.81. The van der Waals surface area contributed by atoms with Gasteiger partial charge in [0.25, 0.3) is 0 Å². The van der Waals surface area contributed by atoms with Crippen LogP contribution < -0.4 is 10.2 Å². The van der Waals surface area contributed by atoms with E-state index >= 15 is 0 Å². The summed E-state index contributed by atoms with van der Waals surface area (Å²) in [6.07, 6.45) is 1.31. The van der Waals surface area contributed by atoms with Crippen molar-refractivity contribution in [2.24, 2.45) is 5.92 Å². The summed E-state index contributed by atoms with van der Waals surface area (Å²) in [5.74, 6) is -0.0933. The monoisotopic (exact) mass is 359 g/mol. The molecule has 2 aliphatic rings. The minimum absolute atomic E-state index is 0.0518. The van der Waals surface area contributed by atoms with Gasteiger partial charge in [-0.2, -0.15) is 0 Å². The molecule has 0 radical (unpaired) electrons. The van der Waals surface area contributed by atoms with Crippen molar-refractivity contribution in [2.75, 3.05) is 31.1 Å². The summed E-state index contributed by atoms with van der Waals surface area (Å²) < 4.78 is 5.39. The molecule has 2 unspecified atom stereocenters. The quantitative estimate of drug-likeness (QED) is 0.901. The van der Waals surface area contributed by atoms with Crippen molar-refractivity contribution in [3.05, 3.63) is 30.3 Å². The van der Waals surface area contributed by atoms with Crippen LogP contribution in [-0.2, 0) is 9.53 Å². The predicted molar refractivity (Wildman–Crippen MR) is 101 cm³/mol. The topological polar surface area (TPSA) is 61.9 Å². The van der Waals surface area contributed by atoms with Gasteiger partial charge in [-0.25, -0.2) is 4.79 Å². The maximum Gasteiger partial charge on any atom is 0.410 e. The molecule has 2 fully saturated rings. The number of hydrogen-bond donors (Lipinski definition) is 1. The van der Waals surface area contributed by atoms with Gasteiger partial charge in [-0.1, -0.05) is 18.2 Å². The van der Waals surface area contributed by atoms with Crippen molar-refractivity contribution in [1.29, 1.82) is 0 Å². The van der Waals surface area contributed by atoms with E-state index in [4.69, 9.17) is 4.74 Å². The lowest BCUT2D eigenvalue weighted by molar-refractivity contribution is -0.125. The second-order valence-corrected chi connectivity index (χ2v) is 8.19. The number of anilines is 1. The van der Waals surface area contributed by atoms with Crippen molar-refractivity contribution in [3.8, 4) is 0 Å². The summed E-state index contributed by atoms with van der Waals surface area (Å²) in [4.78, 5) is 28.7. The third-order valence-corrected chi connectivity index (χ3v) is 4.87. The molecule has 2 aliphatic heterocycles. The highest BCUT2D eigenvalue weighted by atomic mass is 16.6. The molecule has 26 heavy (non-hydrogen) atoms. The highest BCUT2D eigenvalue weighted by Crippen LogP contribution is 2.22. The highest BCUT2D eigenvalue weighted by Gasteiger charge is 2.35. The number of nitrogens with zero attached hydrogens (tertiary/aromatic N) is 2. The number of nitrogens with one attached hydrogen (secondary N) is 1. The minimum Gasteiger partial charge on any atom is -0.444 e. The molecule has 0 spiro atoms. The van der Waals surface area contributed by atoms with Crippen molar-refractivity contribution in [2.45, 2.75) is 45.3 Å². The molecule has 6 heteroatoms. The first-order valence-corrected chi connectivity index (χ1v) is 9.40. The molecule has 142 valence electrons. The number of ether oxygens (including phenoxy) is 1. The molecular weight excluding hydrogens is 330 g/mol. The lowest BCUT2D eigenvalue weighted by Crippen LogP contribution is -2.42. The number of carbonyl (C=O) groups excluding carboxylic acids is 2. The zero-order valence-corrected chi connectivity index (χ0v) is 15.9. The van der Waals surface area contributed by atoms with Gasteiger partial charge < -0.3 is 19.9 Å². The van der Waals surface area contributed by atoms with E-state index in [1.165, 1.54) is 5.69 Å². The summed E-state index contributed by atoms with van der Waals surface area (Å²) in [6.45, 7) is 8.35. The lowest BCUT2D eigenvalue weighted by atomic mass is 10.1. The first kappa shape index (κ1) is 18.5. The van der Waals surface area contributed by atoms with Gasteiger partial charge in [0.2, 0.25) is 5.91 Å². The summed E-state index contributed by atoms with van der Waals surface area (Å²) in [5, 5.41) is 3.17. The van der Waals surface area contributed by atoms with Gasteiger partial charge in [0, 0.05) is 37.9 Å². The second-order valence-electron chi connectivity index (χ2n) is 8.19. The number of benzene rings is 1. The van der Waals surface area contributed by atoms with Crippen LogP contribution in [-0.4, -0.2) is 54.7 Å². The maximum atomic E-state index is 12.6. The van der Waals surface area contributed by atoms with Crippen LogP contribution >= 0.6 is 0 Å². The molecule has 0 saturated carbocycles. The Hall–Kier alpha value is -2.24. The average molecular weight is 359 g/mol. The van der Waals surface area contributed by atoms with E-state index in [1.807, 2.05) is 39.0 Å². The van der Waals surface area contributed by atoms with Gasteiger partial charge in [0.05, 0.1) is 5.92 Å². The summed E-state index contributed by atoms with van der Waals surface area (Å²) in [6, 6.07) is 10.4. The third kappa shape index (κ3) is 4.68. The molecule has 3 rings (SSSR count). The number of carbonyl (C=O) groups is 2. The molecule has 0 aromatic heterocycles. The Labute approximate surface area is 155 Å². The number of likely N-dealkylation sites (tertiary alicyclic amines) is 1. The molecule has 0 aliphatic carbocycles. The fourth-order valence-electron chi connectivity index (χ4n) is 3.54. The van der Waals surface area contributed by atoms with Gasteiger partial charge in [0.1, 0.15) is 5.60 Å². The Morgan fingerprint density at radius 2 is 1.81 bits per heavy atom. The average Bonchev–Trinajstić information content (AvgIpc) is 3.23.